The molecule has 32 heavy (non-hydrogen) atoms. The molecule has 2 aromatic carbocycles. The van der Waals surface area contributed by atoms with Crippen LogP contribution < -0.4 is 0 Å². The molecular weight excluding hydrogens is 426 g/mol. The molecule has 4 aromatic rings. The van der Waals surface area contributed by atoms with E-state index in [1.807, 2.05) is 18.2 Å². The average molecular weight is 450 g/mol. The second-order valence-corrected chi connectivity index (χ2v) is 7.65. The summed E-state index contributed by atoms with van der Waals surface area (Å²) in [6, 6.07) is 16.4. The van der Waals surface area contributed by atoms with Gasteiger partial charge in [-0.25, -0.2) is 4.98 Å². The van der Waals surface area contributed by atoms with Gasteiger partial charge in [0, 0.05) is 18.5 Å². The van der Waals surface area contributed by atoms with Gasteiger partial charge >= 0.3 is 0 Å². The fraction of sp³-hybridized carbons (Fsp3) is 0.261. The number of oxime groups is 1. The van der Waals surface area contributed by atoms with Gasteiger partial charge in [0.1, 0.15) is 18.6 Å². The molecule has 0 bridgehead atoms. The predicted molar refractivity (Wildman–Crippen MR) is 125 cm³/mol. The molecule has 0 saturated heterocycles. The van der Waals surface area contributed by atoms with Gasteiger partial charge in [-0.1, -0.05) is 78.6 Å². The first-order chi connectivity index (χ1) is 15.7. The number of imidazole rings is 1. The topological polar surface area (TPSA) is 93.9 Å². The average Bonchev–Trinajstić information content (AvgIpc) is 3.45. The SMILES string of the molecule is CCCCc1nc(Cl)c(C=NOC)n1Cc1ccc(-c2ccccc2-c2nn[nH]n2)cc1. The summed E-state index contributed by atoms with van der Waals surface area (Å²) in [5, 5.41) is 18.8. The van der Waals surface area contributed by atoms with Crippen molar-refractivity contribution in [1.29, 1.82) is 0 Å². The Kier molecular flexibility index (Phi) is 6.91. The molecule has 0 spiro atoms. The van der Waals surface area contributed by atoms with Gasteiger partial charge in [0.2, 0.25) is 5.82 Å². The maximum absolute atomic E-state index is 6.40. The van der Waals surface area contributed by atoms with E-state index in [-0.39, 0.29) is 0 Å². The quantitative estimate of drug-likeness (QED) is 0.294. The fourth-order valence-electron chi connectivity index (χ4n) is 3.59. The normalized spacial score (nSPS) is 11.3. The van der Waals surface area contributed by atoms with Gasteiger partial charge in [-0.2, -0.15) is 5.21 Å². The molecule has 0 saturated carbocycles. The largest absolute Gasteiger partial charge is 0.399 e. The van der Waals surface area contributed by atoms with Crippen LogP contribution in [0.1, 0.15) is 36.8 Å². The molecule has 2 heterocycles. The van der Waals surface area contributed by atoms with Gasteiger partial charge in [0.15, 0.2) is 5.15 Å². The van der Waals surface area contributed by atoms with E-state index in [0.717, 1.165) is 53.0 Å². The summed E-state index contributed by atoms with van der Waals surface area (Å²) in [6.45, 7) is 2.80. The molecule has 164 valence electrons. The minimum Gasteiger partial charge on any atom is -0.399 e. The Morgan fingerprint density at radius 3 is 2.59 bits per heavy atom. The summed E-state index contributed by atoms with van der Waals surface area (Å²) in [7, 11) is 1.51. The second kappa shape index (κ2) is 10.2. The van der Waals surface area contributed by atoms with Crippen molar-refractivity contribution in [2.24, 2.45) is 5.16 Å². The zero-order chi connectivity index (χ0) is 22.3. The van der Waals surface area contributed by atoms with Crippen LogP contribution in [0, 0.1) is 0 Å². The monoisotopic (exact) mass is 449 g/mol. The van der Waals surface area contributed by atoms with Crippen LogP contribution >= 0.6 is 11.6 Å². The van der Waals surface area contributed by atoms with Crippen LogP contribution in [0.2, 0.25) is 5.15 Å². The maximum Gasteiger partial charge on any atom is 0.205 e. The Labute approximate surface area is 191 Å². The van der Waals surface area contributed by atoms with Crippen LogP contribution in [0.3, 0.4) is 0 Å². The lowest BCUT2D eigenvalue weighted by Crippen LogP contribution is -2.09. The van der Waals surface area contributed by atoms with Gasteiger partial charge in [-0.3, -0.25) is 0 Å². The van der Waals surface area contributed by atoms with Gasteiger partial charge in [-0.15, -0.1) is 10.2 Å². The molecule has 4 rings (SSSR count). The summed E-state index contributed by atoms with van der Waals surface area (Å²) in [4.78, 5) is 9.42. The first-order valence-electron chi connectivity index (χ1n) is 10.4. The van der Waals surface area contributed by atoms with Crippen LogP contribution in [0.25, 0.3) is 22.5 Å². The number of benzene rings is 2. The number of nitrogens with one attached hydrogen (secondary N) is 1. The highest BCUT2D eigenvalue weighted by Gasteiger charge is 2.15. The minimum atomic E-state index is 0.433. The smallest absolute Gasteiger partial charge is 0.205 e. The third-order valence-electron chi connectivity index (χ3n) is 5.19. The van der Waals surface area contributed by atoms with E-state index in [1.54, 1.807) is 6.21 Å². The van der Waals surface area contributed by atoms with Gasteiger partial charge in [-0.05, 0) is 28.3 Å². The molecule has 0 aliphatic carbocycles. The Balaban J connectivity index is 1.64. The zero-order valence-corrected chi connectivity index (χ0v) is 18.8. The Bertz CT molecular complexity index is 1180. The molecule has 0 fully saturated rings. The lowest BCUT2D eigenvalue weighted by atomic mass is 9.98. The lowest BCUT2D eigenvalue weighted by molar-refractivity contribution is 0.215. The lowest BCUT2D eigenvalue weighted by Gasteiger charge is -2.12. The molecular formula is C23H24ClN7O. The maximum atomic E-state index is 6.40. The van der Waals surface area contributed by atoms with Crippen molar-refractivity contribution >= 4 is 17.8 Å². The van der Waals surface area contributed by atoms with Crippen molar-refractivity contribution in [2.45, 2.75) is 32.7 Å². The van der Waals surface area contributed by atoms with Gasteiger partial charge in [0.25, 0.3) is 0 Å². The van der Waals surface area contributed by atoms with Crippen molar-refractivity contribution in [3.8, 4) is 22.5 Å². The Hall–Kier alpha value is -3.52. The standard InChI is InChI=1S/C23H24ClN7O/c1-3-4-9-21-26-22(24)20(14-25-32-2)31(21)15-16-10-12-17(13-11-16)18-7-5-6-8-19(18)23-27-29-30-28-23/h5-8,10-14H,3-4,9,15H2,1-2H3,(H,27,28,29,30). The number of rotatable bonds is 9. The fourth-order valence-corrected chi connectivity index (χ4v) is 3.84. The highest BCUT2D eigenvalue weighted by atomic mass is 35.5. The Morgan fingerprint density at radius 1 is 1.12 bits per heavy atom. The van der Waals surface area contributed by atoms with Gasteiger partial charge in [0.05, 0.1) is 6.21 Å². The molecule has 8 nitrogen and oxygen atoms in total. The van der Waals surface area contributed by atoms with E-state index in [4.69, 9.17) is 16.4 Å². The molecule has 0 radical (unpaired) electrons. The minimum absolute atomic E-state index is 0.433. The molecule has 0 aliphatic rings. The molecule has 0 unspecified atom stereocenters. The number of unbranched alkanes of at least 4 members (excludes halogenated alkanes) is 1. The Morgan fingerprint density at radius 2 is 1.91 bits per heavy atom. The zero-order valence-electron chi connectivity index (χ0n) is 18.0. The van der Waals surface area contributed by atoms with Crippen LogP contribution in [0.5, 0.6) is 0 Å². The van der Waals surface area contributed by atoms with Crippen molar-refractivity contribution in [3.05, 3.63) is 70.8 Å². The summed E-state index contributed by atoms with van der Waals surface area (Å²) < 4.78 is 2.10. The predicted octanol–water partition coefficient (Wildman–Crippen LogP) is 4.75. The molecule has 0 aliphatic heterocycles. The van der Waals surface area contributed by atoms with Crippen molar-refractivity contribution in [1.82, 2.24) is 30.2 Å². The highest BCUT2D eigenvalue weighted by molar-refractivity contribution is 6.31. The number of tetrazole rings is 1. The van der Waals surface area contributed by atoms with Gasteiger partial charge < -0.3 is 9.40 Å². The van der Waals surface area contributed by atoms with E-state index in [2.05, 4.69) is 72.6 Å². The van der Waals surface area contributed by atoms with Crippen molar-refractivity contribution in [2.75, 3.05) is 7.11 Å². The van der Waals surface area contributed by atoms with E-state index >= 15 is 0 Å². The third kappa shape index (κ3) is 4.70. The summed E-state index contributed by atoms with van der Waals surface area (Å²) in [6.07, 6.45) is 4.59. The van der Waals surface area contributed by atoms with Crippen LogP contribution in [-0.4, -0.2) is 43.5 Å². The number of aromatic nitrogens is 6. The number of hydrogen-bond donors (Lipinski definition) is 1. The van der Waals surface area contributed by atoms with E-state index < -0.39 is 0 Å². The first kappa shape index (κ1) is 21.7. The van der Waals surface area contributed by atoms with E-state index in [1.165, 1.54) is 7.11 Å². The van der Waals surface area contributed by atoms with Crippen LogP contribution in [0.4, 0.5) is 0 Å². The molecule has 2 aromatic heterocycles. The summed E-state index contributed by atoms with van der Waals surface area (Å²) in [5.41, 5.74) is 4.92. The highest BCUT2D eigenvalue weighted by Crippen LogP contribution is 2.30. The number of hydrogen-bond acceptors (Lipinski definition) is 6. The van der Waals surface area contributed by atoms with Crippen LogP contribution in [-0.2, 0) is 17.8 Å². The molecule has 0 amide bonds. The summed E-state index contributed by atoms with van der Waals surface area (Å²) in [5.74, 6) is 1.52. The van der Waals surface area contributed by atoms with Crippen molar-refractivity contribution < 1.29 is 4.84 Å². The number of aryl methyl sites for hydroxylation is 1. The molecule has 1 N–H and O–H groups in total. The molecule has 0 atom stereocenters. The van der Waals surface area contributed by atoms with E-state index in [0.29, 0.717) is 17.5 Å². The van der Waals surface area contributed by atoms with Crippen molar-refractivity contribution in [3.63, 3.8) is 0 Å². The number of H-pyrrole nitrogens is 1. The first-order valence-corrected chi connectivity index (χ1v) is 10.8. The van der Waals surface area contributed by atoms with Crippen LogP contribution in [0.15, 0.2) is 53.7 Å². The molecule has 9 heteroatoms. The third-order valence-corrected chi connectivity index (χ3v) is 5.47. The number of halogens is 1. The summed E-state index contributed by atoms with van der Waals surface area (Å²) >= 11 is 6.40. The second-order valence-electron chi connectivity index (χ2n) is 7.29. The van der Waals surface area contributed by atoms with E-state index in [9.17, 15) is 0 Å². The number of aromatic amines is 1. The number of nitrogens with zero attached hydrogens (tertiary/aromatic N) is 6.